The van der Waals surface area contributed by atoms with Crippen molar-refractivity contribution in [1.82, 2.24) is 0 Å². The Balaban J connectivity index is 4.22. The molecule has 0 N–H and O–H groups in total. The highest BCUT2D eigenvalue weighted by molar-refractivity contribution is 5.79. The average molecular weight is 185 g/mol. The second-order valence-corrected chi connectivity index (χ2v) is 2.91. The Kier molecular flexibility index (Phi) is 4.90. The van der Waals surface area contributed by atoms with E-state index in [1.54, 1.807) is 13.8 Å². The summed E-state index contributed by atoms with van der Waals surface area (Å²) in [6, 6.07) is 0. The minimum absolute atomic E-state index is 0.364. The van der Waals surface area contributed by atoms with Crippen LogP contribution in [0.25, 0.3) is 0 Å². The van der Waals surface area contributed by atoms with Crippen LogP contribution < -0.4 is 0 Å². The van der Waals surface area contributed by atoms with Gasteiger partial charge in [-0.25, -0.2) is 4.79 Å². The van der Waals surface area contributed by atoms with Crippen molar-refractivity contribution in [1.29, 1.82) is 5.26 Å². The Morgan fingerprint density at radius 3 is 2.54 bits per heavy atom. The molecule has 13 heavy (non-hydrogen) atoms. The van der Waals surface area contributed by atoms with E-state index in [2.05, 4.69) is 4.74 Å². The first-order chi connectivity index (χ1) is 6.10. The molecule has 4 nitrogen and oxygen atoms in total. The number of carbonyl (C=O) groups excluding carboxylic acids is 1. The molecule has 0 aromatic rings. The first-order valence-corrected chi connectivity index (χ1v) is 4.35. The molecule has 4 heteroatoms. The van der Waals surface area contributed by atoms with Crippen LogP contribution in [-0.4, -0.2) is 18.2 Å². The molecule has 0 aliphatic carbocycles. The molecule has 0 aliphatic heterocycles. The van der Waals surface area contributed by atoms with E-state index >= 15 is 0 Å². The Hall–Kier alpha value is -1.24. The van der Waals surface area contributed by atoms with Crippen molar-refractivity contribution in [3.05, 3.63) is 0 Å². The summed E-state index contributed by atoms with van der Waals surface area (Å²) in [7, 11) is 0. The fraction of sp³-hybridized carbons (Fsp3) is 0.778. The standard InChI is InChI=1S/C9H15NO3/c1-4-6-12-8(11)9(3,5-2)13-7-10/h4-6H2,1-3H3/t9-/m1/s1. The van der Waals surface area contributed by atoms with Crippen molar-refractivity contribution < 1.29 is 14.3 Å². The molecule has 0 aromatic carbocycles. The highest BCUT2D eigenvalue weighted by Crippen LogP contribution is 2.16. The zero-order valence-corrected chi connectivity index (χ0v) is 8.29. The van der Waals surface area contributed by atoms with Crippen molar-refractivity contribution in [3.63, 3.8) is 0 Å². The average Bonchev–Trinajstić information content (AvgIpc) is 2.14. The third-order valence-electron chi connectivity index (χ3n) is 1.81. The molecule has 0 unspecified atom stereocenters. The summed E-state index contributed by atoms with van der Waals surface area (Å²) in [4.78, 5) is 11.3. The number of ether oxygens (including phenoxy) is 2. The van der Waals surface area contributed by atoms with Gasteiger partial charge >= 0.3 is 5.97 Å². The van der Waals surface area contributed by atoms with Crippen LogP contribution in [0.1, 0.15) is 33.6 Å². The molecular weight excluding hydrogens is 170 g/mol. The minimum atomic E-state index is -1.12. The van der Waals surface area contributed by atoms with Crippen molar-refractivity contribution in [2.45, 2.75) is 39.2 Å². The van der Waals surface area contributed by atoms with E-state index < -0.39 is 11.6 Å². The zero-order chi connectivity index (χ0) is 10.3. The van der Waals surface area contributed by atoms with Crippen LogP contribution in [0.3, 0.4) is 0 Å². The van der Waals surface area contributed by atoms with Gasteiger partial charge in [0.05, 0.1) is 6.61 Å². The fourth-order valence-corrected chi connectivity index (χ4v) is 0.706. The number of carbonyl (C=O) groups is 1. The second-order valence-electron chi connectivity index (χ2n) is 2.91. The van der Waals surface area contributed by atoms with Gasteiger partial charge in [-0.1, -0.05) is 13.8 Å². The number of rotatable bonds is 5. The molecule has 0 aliphatic rings. The lowest BCUT2D eigenvalue weighted by molar-refractivity contribution is -0.163. The maximum absolute atomic E-state index is 11.3. The van der Waals surface area contributed by atoms with E-state index in [1.807, 2.05) is 6.92 Å². The Bertz CT molecular complexity index is 209. The predicted octanol–water partition coefficient (Wildman–Crippen LogP) is 1.61. The van der Waals surface area contributed by atoms with Crippen LogP contribution in [0.2, 0.25) is 0 Å². The maximum Gasteiger partial charge on any atom is 0.351 e. The van der Waals surface area contributed by atoms with Gasteiger partial charge < -0.3 is 9.47 Å². The third-order valence-corrected chi connectivity index (χ3v) is 1.81. The molecule has 0 saturated heterocycles. The highest BCUT2D eigenvalue weighted by atomic mass is 16.6. The molecule has 0 radical (unpaired) electrons. The van der Waals surface area contributed by atoms with Crippen LogP contribution >= 0.6 is 0 Å². The fourth-order valence-electron chi connectivity index (χ4n) is 0.706. The van der Waals surface area contributed by atoms with Gasteiger partial charge in [0.15, 0.2) is 0 Å². The largest absolute Gasteiger partial charge is 0.463 e. The van der Waals surface area contributed by atoms with Crippen molar-refractivity contribution >= 4 is 5.97 Å². The lowest BCUT2D eigenvalue weighted by Gasteiger charge is -2.22. The molecule has 0 saturated carbocycles. The predicted molar refractivity (Wildman–Crippen MR) is 46.6 cm³/mol. The summed E-state index contributed by atoms with van der Waals surface area (Å²) < 4.78 is 9.55. The number of hydrogen-bond donors (Lipinski definition) is 0. The van der Waals surface area contributed by atoms with E-state index in [-0.39, 0.29) is 0 Å². The second kappa shape index (κ2) is 5.41. The molecule has 0 fully saturated rings. The van der Waals surface area contributed by atoms with Crippen LogP contribution in [0.4, 0.5) is 0 Å². The normalized spacial score (nSPS) is 14.0. The van der Waals surface area contributed by atoms with E-state index in [0.717, 1.165) is 6.42 Å². The molecule has 0 amide bonds. The zero-order valence-electron chi connectivity index (χ0n) is 8.29. The summed E-state index contributed by atoms with van der Waals surface area (Å²) >= 11 is 0. The van der Waals surface area contributed by atoms with Gasteiger partial charge in [0.1, 0.15) is 0 Å². The van der Waals surface area contributed by atoms with Crippen molar-refractivity contribution in [3.8, 4) is 6.26 Å². The summed E-state index contributed by atoms with van der Waals surface area (Å²) in [5, 5.41) is 8.33. The van der Waals surface area contributed by atoms with E-state index in [4.69, 9.17) is 10.00 Å². The van der Waals surface area contributed by atoms with Gasteiger partial charge in [0.2, 0.25) is 5.60 Å². The topological polar surface area (TPSA) is 59.3 Å². The molecule has 74 valence electrons. The molecular formula is C9H15NO3. The molecule has 1 atom stereocenters. The molecule has 0 heterocycles. The van der Waals surface area contributed by atoms with Crippen molar-refractivity contribution in [2.24, 2.45) is 0 Å². The quantitative estimate of drug-likeness (QED) is 0.482. The highest BCUT2D eigenvalue weighted by Gasteiger charge is 2.35. The number of esters is 1. The van der Waals surface area contributed by atoms with Gasteiger partial charge in [-0.15, -0.1) is 0 Å². The van der Waals surface area contributed by atoms with Gasteiger partial charge in [0.25, 0.3) is 6.26 Å². The van der Waals surface area contributed by atoms with Crippen LogP contribution in [0, 0.1) is 11.5 Å². The maximum atomic E-state index is 11.3. The Morgan fingerprint density at radius 1 is 1.54 bits per heavy atom. The van der Waals surface area contributed by atoms with Gasteiger partial charge in [-0.05, 0) is 19.8 Å². The minimum Gasteiger partial charge on any atom is -0.463 e. The summed E-state index contributed by atoms with van der Waals surface area (Å²) in [6.45, 7) is 5.59. The lowest BCUT2D eigenvalue weighted by Crippen LogP contribution is -2.38. The first-order valence-electron chi connectivity index (χ1n) is 4.35. The Labute approximate surface area is 78.4 Å². The van der Waals surface area contributed by atoms with E-state index in [9.17, 15) is 4.79 Å². The van der Waals surface area contributed by atoms with Crippen LogP contribution in [0.5, 0.6) is 0 Å². The summed E-state index contributed by atoms with van der Waals surface area (Å²) in [6.07, 6.45) is 2.70. The molecule has 0 aromatic heterocycles. The third kappa shape index (κ3) is 3.32. The SMILES string of the molecule is CCCOC(=O)[C@@](C)(CC)OC#N. The Morgan fingerprint density at radius 2 is 2.15 bits per heavy atom. The molecule has 0 bridgehead atoms. The number of nitriles is 1. The molecule has 0 rings (SSSR count). The summed E-state index contributed by atoms with van der Waals surface area (Å²) in [5.74, 6) is -0.474. The van der Waals surface area contributed by atoms with E-state index in [0.29, 0.717) is 13.0 Å². The first kappa shape index (κ1) is 11.8. The van der Waals surface area contributed by atoms with Crippen LogP contribution in [-0.2, 0) is 14.3 Å². The van der Waals surface area contributed by atoms with Gasteiger partial charge in [-0.3, -0.25) is 0 Å². The number of nitrogens with zero attached hydrogens (tertiary/aromatic N) is 1. The van der Waals surface area contributed by atoms with Gasteiger partial charge in [-0.2, -0.15) is 5.26 Å². The smallest absolute Gasteiger partial charge is 0.351 e. The summed E-state index contributed by atoms with van der Waals surface area (Å²) in [5.41, 5.74) is -1.12. The van der Waals surface area contributed by atoms with Crippen molar-refractivity contribution in [2.75, 3.05) is 6.61 Å². The number of hydrogen-bond acceptors (Lipinski definition) is 4. The van der Waals surface area contributed by atoms with E-state index in [1.165, 1.54) is 6.26 Å². The monoisotopic (exact) mass is 185 g/mol. The molecule has 0 spiro atoms. The van der Waals surface area contributed by atoms with Gasteiger partial charge in [0, 0.05) is 0 Å². The van der Waals surface area contributed by atoms with Crippen LogP contribution in [0.15, 0.2) is 0 Å². The lowest BCUT2D eigenvalue weighted by atomic mass is 10.0.